The van der Waals surface area contributed by atoms with Gasteiger partial charge in [-0.05, 0) is 53.4 Å². The summed E-state index contributed by atoms with van der Waals surface area (Å²) in [6, 6.07) is -1.13. The van der Waals surface area contributed by atoms with Gasteiger partial charge in [0.05, 0.1) is 66.4 Å². The zero-order valence-corrected chi connectivity index (χ0v) is 34.6. The molecular formula is C34H52Cl2N8O10S2. The van der Waals surface area contributed by atoms with E-state index in [9.17, 15) is 20.3 Å². The number of nitrogens with one attached hydrogen (secondary N) is 2. The molecule has 4 fully saturated rings. The van der Waals surface area contributed by atoms with Crippen molar-refractivity contribution in [2.24, 2.45) is 0 Å². The maximum absolute atomic E-state index is 11.6. The molecule has 2 aromatic heterocycles. The highest BCUT2D eigenvalue weighted by Crippen LogP contribution is 2.43. The fourth-order valence-electron chi connectivity index (χ4n) is 6.66. The van der Waals surface area contributed by atoms with E-state index >= 15 is 0 Å². The molecule has 0 amide bonds. The van der Waals surface area contributed by atoms with Crippen molar-refractivity contribution in [3.8, 4) is 0 Å². The van der Waals surface area contributed by atoms with Gasteiger partial charge in [-0.25, -0.2) is 15.0 Å². The van der Waals surface area contributed by atoms with Gasteiger partial charge in [0.15, 0.2) is 32.9 Å². The number of aromatic nitrogens is 4. The number of anilines is 3. The first-order chi connectivity index (χ1) is 29.4. The quantitative estimate of drug-likeness (QED) is 0.0466. The summed E-state index contributed by atoms with van der Waals surface area (Å²) in [5, 5.41) is 37.3. The number of halogens is 2. The molecule has 0 radical (unpaired) electrons. The Bertz CT molecular complexity index is 2000. The molecule has 4 aliphatic rings. The van der Waals surface area contributed by atoms with Crippen LogP contribution in [0, 0.1) is 10.1 Å². The smallest absolute Gasteiger partial charge is 0.348 e. The lowest BCUT2D eigenvalue weighted by Crippen LogP contribution is -2.35. The summed E-state index contributed by atoms with van der Waals surface area (Å²) >= 11 is 15.0. The topological polar surface area (TPSA) is 241 Å². The second-order valence-corrected chi connectivity index (χ2v) is 16.7. The van der Waals surface area contributed by atoms with Crippen LogP contribution in [0.4, 0.5) is 23.0 Å². The Hall–Kier alpha value is -2.08. The number of hydrogen-bond donors (Lipinski definition) is 5. The number of hydrogen-bond acceptors (Lipinski definition) is 19. The highest BCUT2D eigenvalue weighted by molar-refractivity contribution is 7.99. The Morgan fingerprint density at radius 2 is 1.25 bits per heavy atom. The second-order valence-electron chi connectivity index (χ2n) is 13.9. The highest BCUT2D eigenvalue weighted by Gasteiger charge is 2.56. The summed E-state index contributed by atoms with van der Waals surface area (Å²) in [7, 11) is 0. The van der Waals surface area contributed by atoms with Crippen molar-refractivity contribution in [1.82, 2.24) is 19.9 Å². The minimum absolute atomic E-state index is 0.0250. The first-order valence-electron chi connectivity index (χ1n) is 21.7. The molecule has 2 aliphatic carbocycles. The average molecular weight is 876 g/mol. The van der Waals surface area contributed by atoms with Crippen molar-refractivity contribution < 1.29 is 54.5 Å². The molecule has 2 aliphatic heterocycles. The number of nitrogen functional groups attached to an aromatic ring is 1. The Labute approximate surface area is 355 Å². The predicted octanol–water partition coefficient (Wildman–Crippen LogP) is 4.92. The van der Waals surface area contributed by atoms with Crippen molar-refractivity contribution in [1.29, 1.82) is 0 Å². The molecule has 18 nitrogen and oxygen atoms in total. The third-order valence-electron chi connectivity index (χ3n) is 8.73. The van der Waals surface area contributed by atoms with Gasteiger partial charge in [-0.1, -0.05) is 60.6 Å². The van der Waals surface area contributed by atoms with Crippen molar-refractivity contribution in [2.45, 2.75) is 138 Å². The molecule has 56 heavy (non-hydrogen) atoms. The van der Waals surface area contributed by atoms with Crippen LogP contribution in [0.5, 0.6) is 0 Å². The van der Waals surface area contributed by atoms with E-state index in [0.717, 1.165) is 18.6 Å². The zero-order valence-electron chi connectivity index (χ0n) is 39.4. The van der Waals surface area contributed by atoms with Crippen molar-refractivity contribution in [3.63, 3.8) is 0 Å². The van der Waals surface area contributed by atoms with Gasteiger partial charge in [-0.2, -0.15) is 4.98 Å². The summed E-state index contributed by atoms with van der Waals surface area (Å²) in [4.78, 5) is 27.8. The summed E-state index contributed by atoms with van der Waals surface area (Å²) < 4.78 is 94.5. The van der Waals surface area contributed by atoms with Crippen LogP contribution in [0.1, 0.15) is 78.2 Å². The largest absolute Gasteiger partial charge is 0.394 e. The molecule has 8 atom stereocenters. The molecule has 314 valence electrons. The molecule has 0 spiro atoms. The number of ether oxygens (including phenoxy) is 6. The molecule has 0 unspecified atom stereocenters. The van der Waals surface area contributed by atoms with E-state index in [4.69, 9.17) is 68.3 Å². The number of nitrogens with zero attached hydrogens (tertiary/aromatic N) is 5. The molecule has 6 rings (SSSR count). The second kappa shape index (κ2) is 19.8. The molecular weight excluding hydrogens is 815 g/mol. The summed E-state index contributed by atoms with van der Waals surface area (Å²) in [6.45, 7) is -1.74. The van der Waals surface area contributed by atoms with E-state index in [0.29, 0.717) is 16.7 Å². The van der Waals surface area contributed by atoms with Gasteiger partial charge >= 0.3 is 5.69 Å². The number of thioether (sulfide) groups is 2. The third kappa shape index (κ3) is 11.1. The van der Waals surface area contributed by atoms with E-state index in [1.165, 1.54) is 23.5 Å². The zero-order chi connectivity index (χ0) is 48.0. The first kappa shape index (κ1) is 34.8. The maximum atomic E-state index is 11.6. The van der Waals surface area contributed by atoms with Crippen LogP contribution in [0.2, 0.25) is 10.3 Å². The lowest BCUT2D eigenvalue weighted by atomic mass is 10.2. The van der Waals surface area contributed by atoms with Gasteiger partial charge in [0.2, 0.25) is 11.0 Å². The number of aliphatic hydroxyl groups is 2. The van der Waals surface area contributed by atoms with E-state index in [1.807, 2.05) is 13.8 Å². The Balaban J connectivity index is 0.000000241. The van der Waals surface area contributed by atoms with E-state index in [-0.39, 0.29) is 39.8 Å². The van der Waals surface area contributed by atoms with Crippen molar-refractivity contribution in [3.05, 3.63) is 20.4 Å². The summed E-state index contributed by atoms with van der Waals surface area (Å²) in [5.41, 5.74) is 5.72. The summed E-state index contributed by atoms with van der Waals surface area (Å²) in [6.07, 6.45) is -2.76. The van der Waals surface area contributed by atoms with Gasteiger partial charge in [-0.3, -0.25) is 10.1 Å². The predicted molar refractivity (Wildman–Crippen MR) is 213 cm³/mol. The molecule has 2 aromatic rings. The summed E-state index contributed by atoms with van der Waals surface area (Å²) in [5.74, 6) is -0.346. The standard InChI is InChI=1S/C17H25ClN4O6S.C17H27ClN4O4S/c1-4-7-29-16-20-14(18)11(22(24)25)15(21-16)19-9-8-10(26-6-5-23)13-12(9)27-17(2,3)28-13;1-4-7-27-16-21-14(18)11(19)15(22-16)20-9-8-10(24-6-5-23)13-12(9)25-17(2,3)26-13/h9-10,12-13,23H,4-8H2,1-3H3,(H,19,20,21);9-10,12-13,23H,4-8,19H2,1-3H3,(H,20,21,22)/t2*9-,10+,12+,13-/m11/s1/i2*5D2,6D2. The van der Waals surface area contributed by atoms with Crippen molar-refractivity contribution in [2.75, 3.05) is 54.1 Å². The Kier molecular flexibility index (Phi) is 12.3. The number of nitrogens with two attached hydrogens (primary N) is 1. The van der Waals surface area contributed by atoms with Crippen LogP contribution in [-0.4, -0.2) is 133 Å². The molecule has 0 bridgehead atoms. The highest BCUT2D eigenvalue weighted by atomic mass is 35.5. The minimum Gasteiger partial charge on any atom is -0.394 e. The van der Waals surface area contributed by atoms with E-state index in [1.54, 1.807) is 27.7 Å². The fraction of sp³-hybridized carbons (Fsp3) is 0.765. The Morgan fingerprint density at radius 3 is 1.70 bits per heavy atom. The van der Waals surface area contributed by atoms with Gasteiger partial charge in [0.25, 0.3) is 0 Å². The lowest BCUT2D eigenvalue weighted by Gasteiger charge is -2.24. The SMILES string of the molecule is [2H]C([2H])(O)C([2H])([2H])O[C@H]1C[C@@H](Nc2nc(SCCC)nc(Cl)c2N)[C@@H]2OC(C)(C)O[C@@H]21.[2H]C([2H])(O)C([2H])([2H])O[C@H]1C[C@@H](Nc2nc(SCCC)nc(Cl)c2[N+](=O)[O-])[C@@H]2OC(C)(C)O[C@@H]21. The van der Waals surface area contributed by atoms with Gasteiger partial charge in [0.1, 0.15) is 30.1 Å². The third-order valence-corrected chi connectivity index (χ3v) is 11.4. The van der Waals surface area contributed by atoms with Crippen LogP contribution in [0.3, 0.4) is 0 Å². The normalized spacial score (nSPS) is 31.5. The van der Waals surface area contributed by atoms with Crippen molar-refractivity contribution >= 4 is 69.7 Å². The van der Waals surface area contributed by atoms with Gasteiger partial charge in [-0.15, -0.1) is 0 Å². The number of nitro groups is 1. The van der Waals surface area contributed by atoms with Gasteiger partial charge < -0.3 is 55.0 Å². The first-order valence-corrected chi connectivity index (χ1v) is 20.5. The number of fused-ring (bicyclic) bond motifs is 2. The van der Waals surface area contributed by atoms with E-state index in [2.05, 4.69) is 30.6 Å². The van der Waals surface area contributed by atoms with Crippen LogP contribution >= 0.6 is 46.7 Å². The molecule has 2 saturated heterocycles. The Morgan fingerprint density at radius 1 is 0.821 bits per heavy atom. The molecule has 6 N–H and O–H groups in total. The van der Waals surface area contributed by atoms with Crippen LogP contribution < -0.4 is 16.4 Å². The average Bonchev–Trinajstić information content (AvgIpc) is 3.84. The molecule has 4 heterocycles. The minimum atomic E-state index is -3.27. The number of rotatable bonds is 17. The fourth-order valence-corrected chi connectivity index (χ4v) is 8.56. The van der Waals surface area contributed by atoms with E-state index < -0.39 is 97.1 Å². The lowest BCUT2D eigenvalue weighted by molar-refractivity contribution is -0.384. The van der Waals surface area contributed by atoms with Crippen LogP contribution in [-0.2, 0) is 28.4 Å². The monoisotopic (exact) mass is 874 g/mol. The molecule has 2 saturated carbocycles. The maximum Gasteiger partial charge on any atom is 0.348 e. The molecule has 22 heteroatoms. The van der Waals surface area contributed by atoms with Crippen LogP contribution in [0.15, 0.2) is 10.3 Å². The molecule has 0 aromatic carbocycles. The van der Waals surface area contributed by atoms with Gasteiger partial charge in [0, 0.05) is 11.5 Å². The van der Waals surface area contributed by atoms with Crippen LogP contribution in [0.25, 0.3) is 0 Å².